The molecule has 0 spiro atoms. The summed E-state index contributed by atoms with van der Waals surface area (Å²) in [7, 11) is 0. The molecule has 0 amide bonds. The highest BCUT2D eigenvalue weighted by Gasteiger charge is 2.21. The van der Waals surface area contributed by atoms with Crippen molar-refractivity contribution in [2.75, 3.05) is 0 Å². The largest absolute Gasteiger partial charge is 0.481 e. The highest BCUT2D eigenvalue weighted by atomic mass is 35.5. The van der Waals surface area contributed by atoms with Crippen molar-refractivity contribution < 1.29 is 14.3 Å². The number of halogens is 2. The van der Waals surface area contributed by atoms with Crippen molar-refractivity contribution in [2.24, 2.45) is 5.73 Å². The predicted octanol–water partition coefficient (Wildman–Crippen LogP) is 3.41. The van der Waals surface area contributed by atoms with Gasteiger partial charge in [-0.2, -0.15) is 0 Å². The predicted molar refractivity (Wildman–Crippen MR) is 69.4 cm³/mol. The van der Waals surface area contributed by atoms with Crippen molar-refractivity contribution in [2.45, 2.75) is 38.4 Å². The van der Waals surface area contributed by atoms with Crippen molar-refractivity contribution in [3.63, 3.8) is 0 Å². The Bertz CT molecular complexity index is 443. The molecular weight excluding hydrogens is 257 g/mol. The number of hydrogen-bond acceptors (Lipinski definition) is 2. The lowest BCUT2D eigenvalue weighted by atomic mass is 9.95. The van der Waals surface area contributed by atoms with Gasteiger partial charge in [-0.3, -0.25) is 4.79 Å². The first kappa shape index (κ1) is 14.9. The van der Waals surface area contributed by atoms with Crippen LogP contribution in [0.15, 0.2) is 18.2 Å². The van der Waals surface area contributed by atoms with Gasteiger partial charge in [-0.05, 0) is 37.5 Å². The molecule has 0 saturated heterocycles. The van der Waals surface area contributed by atoms with E-state index in [1.807, 2.05) is 0 Å². The van der Waals surface area contributed by atoms with E-state index < -0.39 is 17.7 Å². The van der Waals surface area contributed by atoms with E-state index in [2.05, 4.69) is 0 Å². The van der Waals surface area contributed by atoms with Gasteiger partial charge < -0.3 is 10.8 Å². The molecule has 1 atom stereocenters. The SMILES string of the molecule is CC(C)(F)c1ccc(C(N)CCC(=O)O)c(Cl)c1. The number of hydrogen-bond donors (Lipinski definition) is 2. The molecule has 18 heavy (non-hydrogen) atoms. The van der Waals surface area contributed by atoms with Crippen LogP contribution < -0.4 is 5.73 Å². The van der Waals surface area contributed by atoms with E-state index in [9.17, 15) is 9.18 Å². The van der Waals surface area contributed by atoms with Gasteiger partial charge in [-0.15, -0.1) is 0 Å². The summed E-state index contributed by atoms with van der Waals surface area (Å²) in [6, 6.07) is 4.37. The minimum atomic E-state index is -1.46. The van der Waals surface area contributed by atoms with Crippen molar-refractivity contribution in [3.05, 3.63) is 34.3 Å². The van der Waals surface area contributed by atoms with Gasteiger partial charge in [0.15, 0.2) is 0 Å². The number of alkyl halides is 1. The maximum Gasteiger partial charge on any atom is 0.303 e. The Balaban J connectivity index is 2.88. The number of carboxylic acids is 1. The minimum Gasteiger partial charge on any atom is -0.481 e. The standard InChI is InChI=1S/C13H17ClFNO2/c1-13(2,15)8-3-4-9(10(14)7-8)11(16)5-6-12(17)18/h3-4,7,11H,5-6,16H2,1-2H3,(H,17,18). The molecule has 1 rings (SSSR count). The van der Waals surface area contributed by atoms with Crippen LogP contribution in [0.2, 0.25) is 5.02 Å². The maximum atomic E-state index is 13.7. The summed E-state index contributed by atoms with van der Waals surface area (Å²) in [6.45, 7) is 2.89. The smallest absolute Gasteiger partial charge is 0.303 e. The second kappa shape index (κ2) is 5.67. The van der Waals surface area contributed by atoms with Crippen LogP contribution in [-0.4, -0.2) is 11.1 Å². The summed E-state index contributed by atoms with van der Waals surface area (Å²) in [5, 5.41) is 8.96. The zero-order valence-corrected chi connectivity index (χ0v) is 11.2. The third-order valence-corrected chi connectivity index (χ3v) is 3.08. The molecule has 0 aliphatic heterocycles. The van der Waals surface area contributed by atoms with Crippen LogP contribution in [0.4, 0.5) is 4.39 Å². The van der Waals surface area contributed by atoms with Gasteiger partial charge in [-0.1, -0.05) is 23.7 Å². The van der Waals surface area contributed by atoms with E-state index >= 15 is 0 Å². The molecule has 1 aromatic rings. The topological polar surface area (TPSA) is 63.3 Å². The first-order valence-corrected chi connectivity index (χ1v) is 6.06. The molecule has 0 fully saturated rings. The molecule has 0 heterocycles. The van der Waals surface area contributed by atoms with Crippen LogP contribution in [0.5, 0.6) is 0 Å². The number of benzene rings is 1. The quantitative estimate of drug-likeness (QED) is 0.864. The Labute approximate surface area is 111 Å². The van der Waals surface area contributed by atoms with Gasteiger partial charge in [0.05, 0.1) is 0 Å². The van der Waals surface area contributed by atoms with Gasteiger partial charge in [0.1, 0.15) is 5.67 Å². The average molecular weight is 274 g/mol. The van der Waals surface area contributed by atoms with Crippen LogP contribution in [0.3, 0.4) is 0 Å². The van der Waals surface area contributed by atoms with E-state index in [1.165, 1.54) is 19.9 Å². The van der Waals surface area contributed by atoms with E-state index in [-0.39, 0.29) is 6.42 Å². The fourth-order valence-electron chi connectivity index (χ4n) is 1.63. The lowest BCUT2D eigenvalue weighted by molar-refractivity contribution is -0.137. The van der Waals surface area contributed by atoms with Gasteiger partial charge in [0.2, 0.25) is 0 Å². The maximum absolute atomic E-state index is 13.7. The highest BCUT2D eigenvalue weighted by Crippen LogP contribution is 2.31. The van der Waals surface area contributed by atoms with Crippen molar-refractivity contribution in [1.29, 1.82) is 0 Å². The second-order valence-corrected chi connectivity index (χ2v) is 5.15. The number of nitrogens with two attached hydrogens (primary N) is 1. The summed E-state index contributed by atoms with van der Waals surface area (Å²) in [6.07, 6.45) is 0.279. The first-order chi connectivity index (χ1) is 8.21. The fourth-order valence-corrected chi connectivity index (χ4v) is 1.95. The molecule has 3 N–H and O–H groups in total. The van der Waals surface area contributed by atoms with E-state index in [0.717, 1.165) is 0 Å². The molecule has 0 aromatic heterocycles. The molecule has 0 radical (unpaired) electrons. The van der Waals surface area contributed by atoms with Crippen molar-refractivity contribution in [1.82, 2.24) is 0 Å². The van der Waals surface area contributed by atoms with Crippen molar-refractivity contribution >= 4 is 17.6 Å². The Kier molecular flexibility index (Phi) is 4.71. The molecule has 1 aromatic carbocycles. The number of carbonyl (C=O) groups is 1. The molecule has 0 aliphatic carbocycles. The highest BCUT2D eigenvalue weighted by molar-refractivity contribution is 6.31. The number of aliphatic carboxylic acids is 1. The second-order valence-electron chi connectivity index (χ2n) is 4.75. The molecule has 0 bridgehead atoms. The molecule has 0 saturated carbocycles. The molecule has 3 nitrogen and oxygen atoms in total. The van der Waals surface area contributed by atoms with Gasteiger partial charge in [0.25, 0.3) is 0 Å². The third-order valence-electron chi connectivity index (χ3n) is 2.76. The van der Waals surface area contributed by atoms with Crippen molar-refractivity contribution in [3.8, 4) is 0 Å². The first-order valence-electron chi connectivity index (χ1n) is 5.68. The third kappa shape index (κ3) is 3.96. The molecule has 0 aliphatic rings. The monoisotopic (exact) mass is 273 g/mol. The Morgan fingerprint density at radius 3 is 2.61 bits per heavy atom. The lowest BCUT2D eigenvalue weighted by Crippen LogP contribution is -2.14. The van der Waals surface area contributed by atoms with E-state index in [1.54, 1.807) is 12.1 Å². The fraction of sp³-hybridized carbons (Fsp3) is 0.462. The van der Waals surface area contributed by atoms with Crippen LogP contribution in [-0.2, 0) is 10.5 Å². The molecule has 100 valence electrons. The summed E-state index contributed by atoms with van der Waals surface area (Å²) in [5.74, 6) is -0.900. The Hall–Kier alpha value is -1.13. The van der Waals surface area contributed by atoms with E-state index in [4.69, 9.17) is 22.4 Å². The molecular formula is C13H17ClFNO2. The zero-order chi connectivity index (χ0) is 13.9. The van der Waals surface area contributed by atoms with Gasteiger partial charge >= 0.3 is 5.97 Å². The van der Waals surface area contributed by atoms with Crippen LogP contribution in [0, 0.1) is 0 Å². The Morgan fingerprint density at radius 2 is 2.17 bits per heavy atom. The summed E-state index contributed by atoms with van der Waals surface area (Å²) in [5.41, 5.74) is 5.51. The summed E-state index contributed by atoms with van der Waals surface area (Å²) in [4.78, 5) is 10.5. The van der Waals surface area contributed by atoms with Gasteiger partial charge in [0, 0.05) is 17.5 Å². The average Bonchev–Trinajstić information content (AvgIpc) is 2.24. The zero-order valence-electron chi connectivity index (χ0n) is 10.4. The molecule has 5 heteroatoms. The lowest BCUT2D eigenvalue weighted by Gasteiger charge is -2.18. The summed E-state index contributed by atoms with van der Waals surface area (Å²) >= 11 is 6.05. The normalized spacial score (nSPS) is 13.4. The molecule has 1 unspecified atom stereocenters. The number of rotatable bonds is 5. The van der Waals surface area contributed by atoms with E-state index in [0.29, 0.717) is 22.6 Å². The number of carboxylic acid groups (broad SMARTS) is 1. The van der Waals surface area contributed by atoms with Crippen LogP contribution in [0.1, 0.15) is 43.9 Å². The minimum absolute atomic E-state index is 0.0200. The van der Waals surface area contributed by atoms with Crippen LogP contribution in [0.25, 0.3) is 0 Å². The Morgan fingerprint density at radius 1 is 1.56 bits per heavy atom. The summed E-state index contributed by atoms with van der Waals surface area (Å²) < 4.78 is 13.7. The van der Waals surface area contributed by atoms with Gasteiger partial charge in [-0.25, -0.2) is 4.39 Å². The van der Waals surface area contributed by atoms with Crippen LogP contribution >= 0.6 is 11.6 Å².